The Morgan fingerprint density at radius 3 is 2.40 bits per heavy atom. The molecular formula is C11H21NO3. The summed E-state index contributed by atoms with van der Waals surface area (Å²) in [5, 5.41) is 11.3. The fourth-order valence-corrected chi connectivity index (χ4v) is 1.38. The summed E-state index contributed by atoms with van der Waals surface area (Å²) in [5.74, 6) is -0.792. The molecule has 0 aliphatic heterocycles. The third-order valence-corrected chi connectivity index (χ3v) is 2.32. The molecule has 0 heterocycles. The first-order valence-electron chi connectivity index (χ1n) is 5.46. The predicted octanol–water partition coefficient (Wildman–Crippen LogP) is 1.65. The van der Waals surface area contributed by atoms with E-state index in [2.05, 4.69) is 5.32 Å². The number of rotatable bonds is 7. The Balaban J connectivity index is 3.74. The number of hydrogen-bond donors (Lipinski definition) is 2. The molecular weight excluding hydrogens is 194 g/mol. The summed E-state index contributed by atoms with van der Waals surface area (Å²) in [6, 6.07) is 0. The summed E-state index contributed by atoms with van der Waals surface area (Å²) in [6.07, 6.45) is 1.96. The molecule has 88 valence electrons. The van der Waals surface area contributed by atoms with Crippen molar-refractivity contribution >= 4 is 11.9 Å². The van der Waals surface area contributed by atoms with Gasteiger partial charge in [0.05, 0.1) is 0 Å². The lowest BCUT2D eigenvalue weighted by Gasteiger charge is -2.13. The van der Waals surface area contributed by atoms with Crippen LogP contribution in [0.4, 0.5) is 0 Å². The fraction of sp³-hybridized carbons (Fsp3) is 0.818. The lowest BCUT2D eigenvalue weighted by Crippen LogP contribution is -2.33. The quantitative estimate of drug-likeness (QED) is 0.678. The highest BCUT2D eigenvalue weighted by Gasteiger charge is 2.13. The average Bonchev–Trinajstić information content (AvgIpc) is 2.13. The molecule has 2 N–H and O–H groups in total. The average molecular weight is 215 g/mol. The van der Waals surface area contributed by atoms with Crippen molar-refractivity contribution in [3.63, 3.8) is 0 Å². The number of carboxylic acid groups (broad SMARTS) is 1. The van der Waals surface area contributed by atoms with Crippen LogP contribution in [0.15, 0.2) is 0 Å². The van der Waals surface area contributed by atoms with Crippen LogP contribution in [0.3, 0.4) is 0 Å². The smallest absolute Gasteiger partial charge is 0.303 e. The molecule has 0 rings (SSSR count). The number of hydrogen-bond acceptors (Lipinski definition) is 2. The van der Waals surface area contributed by atoms with Crippen molar-refractivity contribution in [1.82, 2.24) is 5.32 Å². The molecule has 0 aromatic carbocycles. The maximum atomic E-state index is 11.5. The van der Waals surface area contributed by atoms with Crippen molar-refractivity contribution in [3.8, 4) is 0 Å². The van der Waals surface area contributed by atoms with Gasteiger partial charge >= 0.3 is 5.97 Å². The van der Waals surface area contributed by atoms with E-state index in [0.29, 0.717) is 6.54 Å². The van der Waals surface area contributed by atoms with Gasteiger partial charge in [-0.3, -0.25) is 9.59 Å². The van der Waals surface area contributed by atoms with Crippen LogP contribution in [0.25, 0.3) is 0 Å². The van der Waals surface area contributed by atoms with Crippen molar-refractivity contribution in [2.24, 2.45) is 11.8 Å². The van der Waals surface area contributed by atoms with E-state index in [1.807, 2.05) is 20.8 Å². The summed E-state index contributed by atoms with van der Waals surface area (Å²) in [6.45, 7) is 6.19. The predicted molar refractivity (Wildman–Crippen MR) is 58.5 cm³/mol. The molecule has 4 heteroatoms. The number of carbonyl (C=O) groups excluding carboxylic acids is 1. The normalized spacial score (nSPS) is 14.3. The van der Waals surface area contributed by atoms with E-state index < -0.39 is 5.97 Å². The van der Waals surface area contributed by atoms with Crippen LogP contribution >= 0.6 is 0 Å². The molecule has 1 amide bonds. The second-order valence-electron chi connectivity index (χ2n) is 4.14. The molecule has 0 aromatic heterocycles. The topological polar surface area (TPSA) is 66.4 Å². The standard InChI is InChI=1S/C11H21NO3/c1-4-5-9(3)11(15)12-7-8(2)6-10(13)14/h8-9H,4-7H2,1-3H3,(H,12,15)(H,13,14). The summed E-state index contributed by atoms with van der Waals surface area (Å²) in [7, 11) is 0. The van der Waals surface area contributed by atoms with Gasteiger partial charge in [-0.15, -0.1) is 0 Å². The second kappa shape index (κ2) is 7.26. The Morgan fingerprint density at radius 1 is 1.33 bits per heavy atom. The van der Waals surface area contributed by atoms with Crippen molar-refractivity contribution in [2.45, 2.75) is 40.0 Å². The third-order valence-electron chi connectivity index (χ3n) is 2.32. The zero-order valence-corrected chi connectivity index (χ0v) is 9.75. The van der Waals surface area contributed by atoms with Crippen LogP contribution in [0, 0.1) is 11.8 Å². The minimum atomic E-state index is -0.821. The summed E-state index contributed by atoms with van der Waals surface area (Å²) < 4.78 is 0. The first-order valence-corrected chi connectivity index (χ1v) is 5.46. The molecule has 0 spiro atoms. The number of carbonyl (C=O) groups is 2. The van der Waals surface area contributed by atoms with Gasteiger partial charge in [0.15, 0.2) is 0 Å². The first-order chi connectivity index (χ1) is 6.97. The summed E-state index contributed by atoms with van der Waals surface area (Å²) in [4.78, 5) is 21.8. The largest absolute Gasteiger partial charge is 0.481 e. The van der Waals surface area contributed by atoms with Gasteiger partial charge in [-0.1, -0.05) is 27.2 Å². The number of carboxylic acids is 1. The zero-order chi connectivity index (χ0) is 11.8. The van der Waals surface area contributed by atoms with Gasteiger partial charge in [0.2, 0.25) is 5.91 Å². The van der Waals surface area contributed by atoms with Gasteiger partial charge in [0, 0.05) is 18.9 Å². The molecule has 0 radical (unpaired) electrons. The van der Waals surface area contributed by atoms with E-state index in [9.17, 15) is 9.59 Å². The molecule has 0 bridgehead atoms. The van der Waals surface area contributed by atoms with E-state index in [4.69, 9.17) is 5.11 Å². The van der Waals surface area contributed by atoms with E-state index in [1.54, 1.807) is 0 Å². The van der Waals surface area contributed by atoms with Gasteiger partial charge in [0.25, 0.3) is 0 Å². The Morgan fingerprint density at radius 2 is 1.93 bits per heavy atom. The number of nitrogens with one attached hydrogen (secondary N) is 1. The monoisotopic (exact) mass is 215 g/mol. The number of amides is 1. The van der Waals surface area contributed by atoms with Crippen molar-refractivity contribution < 1.29 is 14.7 Å². The van der Waals surface area contributed by atoms with Gasteiger partial charge in [0.1, 0.15) is 0 Å². The molecule has 4 nitrogen and oxygen atoms in total. The highest BCUT2D eigenvalue weighted by atomic mass is 16.4. The maximum absolute atomic E-state index is 11.5. The Labute approximate surface area is 91.1 Å². The Kier molecular flexibility index (Phi) is 6.75. The van der Waals surface area contributed by atoms with Crippen molar-refractivity contribution in [2.75, 3.05) is 6.54 Å². The van der Waals surface area contributed by atoms with Crippen LogP contribution in [-0.4, -0.2) is 23.5 Å². The lowest BCUT2D eigenvalue weighted by atomic mass is 10.0. The van der Waals surface area contributed by atoms with Gasteiger partial charge < -0.3 is 10.4 Å². The van der Waals surface area contributed by atoms with Crippen LogP contribution in [-0.2, 0) is 9.59 Å². The molecule has 0 aromatic rings. The molecule has 0 aliphatic rings. The van der Waals surface area contributed by atoms with Crippen LogP contribution in [0.1, 0.15) is 40.0 Å². The maximum Gasteiger partial charge on any atom is 0.303 e. The highest BCUT2D eigenvalue weighted by Crippen LogP contribution is 2.05. The molecule has 2 unspecified atom stereocenters. The van der Waals surface area contributed by atoms with Crippen LogP contribution in [0.2, 0.25) is 0 Å². The van der Waals surface area contributed by atoms with Crippen LogP contribution < -0.4 is 5.32 Å². The minimum Gasteiger partial charge on any atom is -0.481 e. The minimum absolute atomic E-state index is 0.0136. The summed E-state index contributed by atoms with van der Waals surface area (Å²) in [5.41, 5.74) is 0. The number of aliphatic carboxylic acids is 1. The summed E-state index contributed by atoms with van der Waals surface area (Å²) >= 11 is 0. The fourth-order valence-electron chi connectivity index (χ4n) is 1.38. The van der Waals surface area contributed by atoms with Gasteiger partial charge in [-0.05, 0) is 12.3 Å². The highest BCUT2D eigenvalue weighted by molar-refractivity contribution is 5.78. The zero-order valence-electron chi connectivity index (χ0n) is 9.75. The third kappa shape index (κ3) is 6.94. The Bertz CT molecular complexity index is 216. The second-order valence-corrected chi connectivity index (χ2v) is 4.14. The lowest BCUT2D eigenvalue weighted by molar-refractivity contribution is -0.138. The van der Waals surface area contributed by atoms with Crippen molar-refractivity contribution in [3.05, 3.63) is 0 Å². The van der Waals surface area contributed by atoms with Crippen LogP contribution in [0.5, 0.6) is 0 Å². The molecule has 2 atom stereocenters. The van der Waals surface area contributed by atoms with Crippen molar-refractivity contribution in [1.29, 1.82) is 0 Å². The van der Waals surface area contributed by atoms with E-state index in [0.717, 1.165) is 12.8 Å². The molecule has 15 heavy (non-hydrogen) atoms. The molecule has 0 saturated heterocycles. The first kappa shape index (κ1) is 13.9. The van der Waals surface area contributed by atoms with Gasteiger partial charge in [-0.25, -0.2) is 0 Å². The van der Waals surface area contributed by atoms with E-state index in [1.165, 1.54) is 0 Å². The van der Waals surface area contributed by atoms with E-state index in [-0.39, 0.29) is 24.2 Å². The Hall–Kier alpha value is -1.06. The molecule has 0 aliphatic carbocycles. The van der Waals surface area contributed by atoms with Gasteiger partial charge in [-0.2, -0.15) is 0 Å². The van der Waals surface area contributed by atoms with E-state index >= 15 is 0 Å². The molecule has 0 fully saturated rings. The molecule has 0 saturated carbocycles. The SMILES string of the molecule is CCCC(C)C(=O)NCC(C)CC(=O)O.